The Kier molecular flexibility index (Phi) is 5.16. The molecule has 0 unspecified atom stereocenters. The van der Waals surface area contributed by atoms with Crippen LogP contribution in [-0.2, 0) is 11.2 Å². The lowest BCUT2D eigenvalue weighted by atomic mass is 10.1. The molecule has 1 aliphatic rings. The minimum Gasteiger partial charge on any atom is -0.331 e. The Labute approximate surface area is 123 Å². The zero-order valence-electron chi connectivity index (χ0n) is 11.1. The zero-order valence-corrected chi connectivity index (χ0v) is 12.7. The Hall–Kier alpha value is -1.13. The summed E-state index contributed by atoms with van der Waals surface area (Å²) < 4.78 is 1.05. The van der Waals surface area contributed by atoms with Gasteiger partial charge in [0.1, 0.15) is 0 Å². The minimum atomic E-state index is 0.236. The maximum Gasteiger partial charge on any atom is 0.227 e. The van der Waals surface area contributed by atoms with Crippen molar-refractivity contribution in [1.29, 1.82) is 0 Å². The van der Waals surface area contributed by atoms with Crippen molar-refractivity contribution in [3.63, 3.8) is 0 Å². The number of quaternary nitrogens is 1. The third-order valence-electron chi connectivity index (χ3n) is 3.52. The van der Waals surface area contributed by atoms with Gasteiger partial charge in [-0.2, -0.15) is 0 Å². The van der Waals surface area contributed by atoms with Gasteiger partial charge in [-0.25, -0.2) is 0 Å². The van der Waals surface area contributed by atoms with Crippen molar-refractivity contribution in [2.75, 3.05) is 32.7 Å². The number of nitrogens with one attached hydrogen (secondary N) is 1. The molecule has 4 heteroatoms. The predicted octanol–water partition coefficient (Wildman–Crippen LogP) is 0.905. The van der Waals surface area contributed by atoms with E-state index in [1.54, 1.807) is 0 Å². The maximum absolute atomic E-state index is 12.2. The van der Waals surface area contributed by atoms with Gasteiger partial charge >= 0.3 is 0 Å². The van der Waals surface area contributed by atoms with Gasteiger partial charge in [-0.3, -0.25) is 4.79 Å². The molecule has 1 aromatic rings. The van der Waals surface area contributed by atoms with Gasteiger partial charge in [0.2, 0.25) is 5.91 Å². The van der Waals surface area contributed by atoms with Crippen LogP contribution >= 0.6 is 15.9 Å². The fourth-order valence-electron chi connectivity index (χ4n) is 2.37. The van der Waals surface area contributed by atoms with Crippen LogP contribution in [0.5, 0.6) is 0 Å². The van der Waals surface area contributed by atoms with E-state index in [-0.39, 0.29) is 5.91 Å². The van der Waals surface area contributed by atoms with E-state index in [1.807, 2.05) is 35.2 Å². The molecular weight excluding hydrogens is 304 g/mol. The smallest absolute Gasteiger partial charge is 0.227 e. The van der Waals surface area contributed by atoms with Gasteiger partial charge < -0.3 is 9.80 Å². The van der Waals surface area contributed by atoms with E-state index in [2.05, 4.69) is 22.5 Å². The highest BCUT2D eigenvalue weighted by atomic mass is 79.9. The standard InChI is InChI=1S/C15H19BrN2O/c1-2-7-17-8-10-18(11-9-17)15(19)12-13-3-5-14(16)6-4-13/h2-6H,1,7-12H2/p+1. The fraction of sp³-hybridized carbons (Fsp3) is 0.400. The van der Waals surface area contributed by atoms with Crippen molar-refractivity contribution in [3.05, 3.63) is 47.0 Å². The van der Waals surface area contributed by atoms with Crippen LogP contribution in [0.2, 0.25) is 0 Å². The second-order valence-electron chi connectivity index (χ2n) is 4.93. The normalized spacial score (nSPS) is 16.4. The molecule has 0 aliphatic carbocycles. The Bertz CT molecular complexity index is 436. The van der Waals surface area contributed by atoms with Crippen LogP contribution in [0.4, 0.5) is 0 Å². The number of hydrogen-bond donors (Lipinski definition) is 1. The summed E-state index contributed by atoms with van der Waals surface area (Å²) in [5, 5.41) is 0. The van der Waals surface area contributed by atoms with E-state index in [4.69, 9.17) is 0 Å². The molecule has 1 heterocycles. The first-order chi connectivity index (χ1) is 9.19. The van der Waals surface area contributed by atoms with Crippen molar-refractivity contribution < 1.29 is 9.69 Å². The third-order valence-corrected chi connectivity index (χ3v) is 4.05. The number of halogens is 1. The van der Waals surface area contributed by atoms with Gasteiger partial charge in [-0.1, -0.05) is 34.6 Å². The molecule has 3 nitrogen and oxygen atoms in total. The van der Waals surface area contributed by atoms with Gasteiger partial charge in [0.05, 0.1) is 39.1 Å². The molecule has 102 valence electrons. The molecule has 1 aliphatic heterocycles. The van der Waals surface area contributed by atoms with Crippen LogP contribution in [-0.4, -0.2) is 43.5 Å². The average molecular weight is 324 g/mol. The molecule has 19 heavy (non-hydrogen) atoms. The summed E-state index contributed by atoms with van der Waals surface area (Å²) in [5.41, 5.74) is 1.08. The van der Waals surface area contributed by atoms with Crippen molar-refractivity contribution >= 4 is 21.8 Å². The summed E-state index contributed by atoms with van der Waals surface area (Å²) in [6, 6.07) is 7.96. The van der Waals surface area contributed by atoms with E-state index < -0.39 is 0 Å². The highest BCUT2D eigenvalue weighted by Crippen LogP contribution is 2.11. The van der Waals surface area contributed by atoms with E-state index in [0.717, 1.165) is 42.8 Å². The highest BCUT2D eigenvalue weighted by Gasteiger charge is 2.22. The molecule has 2 rings (SSSR count). The molecule has 1 amide bonds. The first kappa shape index (κ1) is 14.3. The number of piperazine rings is 1. The number of rotatable bonds is 4. The number of carbonyl (C=O) groups is 1. The number of amides is 1. The Morgan fingerprint density at radius 1 is 1.32 bits per heavy atom. The molecule has 1 saturated heterocycles. The van der Waals surface area contributed by atoms with Gasteiger partial charge in [-0.15, -0.1) is 0 Å². The van der Waals surface area contributed by atoms with E-state index >= 15 is 0 Å². The number of carbonyl (C=O) groups excluding carboxylic acids is 1. The number of hydrogen-bond acceptors (Lipinski definition) is 1. The molecule has 0 saturated carbocycles. The van der Waals surface area contributed by atoms with Crippen LogP contribution in [0, 0.1) is 0 Å². The van der Waals surface area contributed by atoms with Crippen LogP contribution in [0.25, 0.3) is 0 Å². The van der Waals surface area contributed by atoms with Crippen LogP contribution < -0.4 is 4.90 Å². The molecular formula is C15H20BrN2O+. The number of benzene rings is 1. The number of nitrogens with zero attached hydrogens (tertiary/aromatic N) is 1. The molecule has 0 bridgehead atoms. The zero-order chi connectivity index (χ0) is 13.7. The van der Waals surface area contributed by atoms with Crippen LogP contribution in [0.1, 0.15) is 5.56 Å². The summed E-state index contributed by atoms with van der Waals surface area (Å²) in [4.78, 5) is 15.7. The van der Waals surface area contributed by atoms with Crippen LogP contribution in [0.3, 0.4) is 0 Å². The topological polar surface area (TPSA) is 24.8 Å². The Balaban J connectivity index is 1.84. The summed E-state index contributed by atoms with van der Waals surface area (Å²) in [5.74, 6) is 0.236. The van der Waals surface area contributed by atoms with Gasteiger partial charge in [0.25, 0.3) is 0 Å². The lowest BCUT2D eigenvalue weighted by Gasteiger charge is -2.31. The quantitative estimate of drug-likeness (QED) is 0.818. The second kappa shape index (κ2) is 6.87. The fourth-order valence-corrected chi connectivity index (χ4v) is 2.63. The minimum absolute atomic E-state index is 0.236. The summed E-state index contributed by atoms with van der Waals surface area (Å²) in [6.07, 6.45) is 2.46. The molecule has 1 fully saturated rings. The summed E-state index contributed by atoms with van der Waals surface area (Å²) in [6.45, 7) is 8.53. The van der Waals surface area contributed by atoms with Crippen molar-refractivity contribution in [1.82, 2.24) is 4.90 Å². The van der Waals surface area contributed by atoms with Gasteiger partial charge in [0, 0.05) is 4.47 Å². The Morgan fingerprint density at radius 2 is 1.95 bits per heavy atom. The lowest BCUT2D eigenvalue weighted by Crippen LogP contribution is -3.14. The van der Waals surface area contributed by atoms with E-state index in [9.17, 15) is 4.79 Å². The summed E-state index contributed by atoms with van der Waals surface area (Å²) in [7, 11) is 0. The Morgan fingerprint density at radius 3 is 2.53 bits per heavy atom. The summed E-state index contributed by atoms with van der Waals surface area (Å²) >= 11 is 3.40. The molecule has 0 spiro atoms. The van der Waals surface area contributed by atoms with Gasteiger partial charge in [0.15, 0.2) is 0 Å². The largest absolute Gasteiger partial charge is 0.331 e. The first-order valence-corrected chi connectivity index (χ1v) is 7.45. The van der Waals surface area contributed by atoms with E-state index in [0.29, 0.717) is 6.42 Å². The lowest BCUT2D eigenvalue weighted by molar-refractivity contribution is -0.898. The monoisotopic (exact) mass is 323 g/mol. The molecule has 1 aromatic carbocycles. The third kappa shape index (κ3) is 4.18. The van der Waals surface area contributed by atoms with Crippen molar-refractivity contribution in [3.8, 4) is 0 Å². The molecule has 0 atom stereocenters. The second-order valence-corrected chi connectivity index (χ2v) is 5.84. The molecule has 0 radical (unpaired) electrons. The molecule has 1 N–H and O–H groups in total. The highest BCUT2D eigenvalue weighted by molar-refractivity contribution is 9.10. The predicted molar refractivity (Wildman–Crippen MR) is 80.2 cm³/mol. The SMILES string of the molecule is C=CC[NH+]1CCN(C(=O)Cc2ccc(Br)cc2)CC1. The van der Waals surface area contributed by atoms with Crippen molar-refractivity contribution in [2.45, 2.75) is 6.42 Å². The first-order valence-electron chi connectivity index (χ1n) is 6.65. The van der Waals surface area contributed by atoms with Gasteiger partial charge in [-0.05, 0) is 23.8 Å². The average Bonchev–Trinajstić information content (AvgIpc) is 2.42. The van der Waals surface area contributed by atoms with Crippen molar-refractivity contribution in [2.24, 2.45) is 0 Å². The maximum atomic E-state index is 12.2. The molecule has 0 aromatic heterocycles. The van der Waals surface area contributed by atoms with E-state index in [1.165, 1.54) is 4.90 Å². The van der Waals surface area contributed by atoms with Crippen LogP contribution in [0.15, 0.2) is 41.4 Å².